The predicted octanol–water partition coefficient (Wildman–Crippen LogP) is 3.42. The topological polar surface area (TPSA) is 55.8 Å². The van der Waals surface area contributed by atoms with Crippen LogP contribution in [0, 0.1) is 5.82 Å². The first-order chi connectivity index (χ1) is 15.2. The lowest BCUT2D eigenvalue weighted by Gasteiger charge is -2.28. The van der Waals surface area contributed by atoms with Crippen molar-refractivity contribution in [2.45, 2.75) is 38.8 Å². The molecule has 1 unspecified atom stereocenters. The zero-order valence-corrected chi connectivity index (χ0v) is 21.1. The molecule has 32 heavy (non-hydrogen) atoms. The summed E-state index contributed by atoms with van der Waals surface area (Å²) in [7, 11) is 0. The molecule has 0 radical (unpaired) electrons. The lowest BCUT2D eigenvalue weighted by atomic mass is 10.00. The summed E-state index contributed by atoms with van der Waals surface area (Å²) >= 11 is 0. The van der Waals surface area contributed by atoms with Gasteiger partial charge in [0, 0.05) is 58.1 Å². The molecule has 0 saturated carbocycles. The number of aliphatic imine (C=N–C) groups is 1. The van der Waals surface area contributed by atoms with E-state index in [4.69, 9.17) is 4.99 Å². The Morgan fingerprint density at radius 3 is 2.84 bits per heavy atom. The summed E-state index contributed by atoms with van der Waals surface area (Å²) in [5.74, 6) is 1.03. The fourth-order valence-corrected chi connectivity index (χ4v) is 4.42. The van der Waals surface area contributed by atoms with Gasteiger partial charge in [0.1, 0.15) is 0 Å². The molecule has 174 valence electrons. The first kappa shape index (κ1) is 24.7. The van der Waals surface area contributed by atoms with Gasteiger partial charge in [-0.3, -0.25) is 9.89 Å². The number of nitrogens with one attached hydrogen (secondary N) is 2. The number of halogens is 2. The van der Waals surface area contributed by atoms with E-state index in [2.05, 4.69) is 51.7 Å². The highest BCUT2D eigenvalue weighted by molar-refractivity contribution is 14.0. The molecule has 1 atom stereocenters. The van der Waals surface area contributed by atoms with Crippen LogP contribution < -0.4 is 15.5 Å². The van der Waals surface area contributed by atoms with Crippen LogP contribution in [0.25, 0.3) is 0 Å². The first-order valence-electron chi connectivity index (χ1n) is 11.4. The lowest BCUT2D eigenvalue weighted by molar-refractivity contribution is 0.252. The second kappa shape index (κ2) is 12.3. The summed E-state index contributed by atoms with van der Waals surface area (Å²) in [6.07, 6.45) is 4.76. The summed E-state index contributed by atoms with van der Waals surface area (Å²) in [6.45, 7) is 8.44. The first-order valence-corrected chi connectivity index (χ1v) is 11.4. The van der Waals surface area contributed by atoms with Gasteiger partial charge < -0.3 is 15.5 Å². The van der Waals surface area contributed by atoms with E-state index in [1.54, 1.807) is 12.3 Å². The number of pyridine rings is 1. The highest BCUT2D eigenvalue weighted by Crippen LogP contribution is 2.21. The fourth-order valence-electron chi connectivity index (χ4n) is 4.42. The highest BCUT2D eigenvalue weighted by atomic mass is 127. The molecule has 0 aliphatic carbocycles. The quantitative estimate of drug-likeness (QED) is 0.239. The molecule has 0 spiro atoms. The van der Waals surface area contributed by atoms with Gasteiger partial charge in [0.05, 0.1) is 0 Å². The normalized spacial score (nSPS) is 18.8. The number of benzene rings is 1. The van der Waals surface area contributed by atoms with Crippen molar-refractivity contribution in [3.63, 3.8) is 0 Å². The highest BCUT2D eigenvalue weighted by Gasteiger charge is 2.26. The number of guanidine groups is 1. The van der Waals surface area contributed by atoms with Gasteiger partial charge in [-0.2, -0.15) is 0 Å². The Morgan fingerprint density at radius 1 is 1.19 bits per heavy atom. The van der Waals surface area contributed by atoms with Crippen molar-refractivity contribution in [3.8, 4) is 0 Å². The average molecular weight is 552 g/mol. The van der Waals surface area contributed by atoms with Crippen LogP contribution in [-0.2, 0) is 13.0 Å². The summed E-state index contributed by atoms with van der Waals surface area (Å²) in [6, 6.07) is 12.1. The summed E-state index contributed by atoms with van der Waals surface area (Å²) in [4.78, 5) is 13.5. The Kier molecular flexibility index (Phi) is 9.52. The Hall–Kier alpha value is -1.94. The number of anilines is 1. The van der Waals surface area contributed by atoms with Gasteiger partial charge >= 0.3 is 0 Å². The summed E-state index contributed by atoms with van der Waals surface area (Å²) < 4.78 is 14.0. The van der Waals surface area contributed by atoms with Crippen LogP contribution in [0.5, 0.6) is 0 Å². The molecular formula is C24H34FIN6. The monoisotopic (exact) mass is 552 g/mol. The minimum Gasteiger partial charge on any atom is -0.357 e. The van der Waals surface area contributed by atoms with Gasteiger partial charge in [0.25, 0.3) is 0 Å². The fraction of sp³-hybridized carbons (Fsp3) is 0.500. The zero-order chi connectivity index (χ0) is 21.5. The van der Waals surface area contributed by atoms with Gasteiger partial charge in [-0.15, -0.1) is 24.0 Å². The predicted molar refractivity (Wildman–Crippen MR) is 139 cm³/mol. The minimum absolute atomic E-state index is 0. The molecular weight excluding hydrogens is 518 g/mol. The van der Waals surface area contributed by atoms with Gasteiger partial charge in [-0.1, -0.05) is 24.3 Å². The van der Waals surface area contributed by atoms with Gasteiger partial charge in [0.15, 0.2) is 17.6 Å². The van der Waals surface area contributed by atoms with Crippen molar-refractivity contribution in [1.82, 2.24) is 20.5 Å². The molecule has 4 rings (SSSR count). The number of hydrogen-bond donors (Lipinski definition) is 2. The lowest BCUT2D eigenvalue weighted by Crippen LogP contribution is -2.44. The second-order valence-electron chi connectivity index (χ2n) is 8.29. The molecule has 2 aliphatic heterocycles. The van der Waals surface area contributed by atoms with E-state index in [1.165, 1.54) is 17.2 Å². The molecule has 1 aromatic carbocycles. The van der Waals surface area contributed by atoms with Crippen LogP contribution in [0.4, 0.5) is 10.2 Å². The Morgan fingerprint density at radius 2 is 2.03 bits per heavy atom. The maximum atomic E-state index is 14.0. The van der Waals surface area contributed by atoms with Crippen LogP contribution in [0.15, 0.2) is 47.6 Å². The van der Waals surface area contributed by atoms with Crippen LogP contribution in [-0.4, -0.2) is 61.2 Å². The van der Waals surface area contributed by atoms with Crippen molar-refractivity contribution >= 4 is 35.8 Å². The zero-order valence-electron chi connectivity index (χ0n) is 18.8. The van der Waals surface area contributed by atoms with Crippen LogP contribution in [0.2, 0.25) is 0 Å². The molecule has 8 heteroatoms. The third kappa shape index (κ3) is 6.54. The largest absolute Gasteiger partial charge is 0.357 e. The van der Waals surface area contributed by atoms with Gasteiger partial charge in [-0.25, -0.2) is 9.37 Å². The molecule has 2 aliphatic rings. The SMILES string of the molecule is CCNC(=NCCCN1CCc2ccccc2C1)NC1CCN(c2ncccc2F)C1.I. The van der Waals surface area contributed by atoms with E-state index in [9.17, 15) is 4.39 Å². The molecule has 0 amide bonds. The average Bonchev–Trinajstić information content (AvgIpc) is 3.25. The third-order valence-electron chi connectivity index (χ3n) is 6.02. The maximum absolute atomic E-state index is 14.0. The standard InChI is InChI=1S/C24H33FN6.HI/c1-2-26-24(29-21-11-16-31(18-21)23-22(25)9-5-12-27-23)28-13-6-14-30-15-10-19-7-3-4-8-20(19)17-30;/h3-5,7-9,12,21H,2,6,10-11,13-18H2,1H3,(H2,26,28,29);1H. The molecule has 1 saturated heterocycles. The number of aromatic nitrogens is 1. The van der Waals surface area contributed by atoms with E-state index in [1.807, 2.05) is 4.90 Å². The minimum atomic E-state index is -0.260. The van der Waals surface area contributed by atoms with E-state index < -0.39 is 0 Å². The molecule has 3 heterocycles. The molecule has 1 aromatic heterocycles. The van der Waals surface area contributed by atoms with Crippen molar-refractivity contribution in [2.75, 3.05) is 44.2 Å². The van der Waals surface area contributed by atoms with Crippen molar-refractivity contribution in [3.05, 3.63) is 59.5 Å². The van der Waals surface area contributed by atoms with Crippen molar-refractivity contribution in [1.29, 1.82) is 0 Å². The van der Waals surface area contributed by atoms with E-state index >= 15 is 0 Å². The second-order valence-corrected chi connectivity index (χ2v) is 8.29. The Labute approximate surface area is 207 Å². The van der Waals surface area contributed by atoms with Crippen LogP contribution >= 0.6 is 24.0 Å². The van der Waals surface area contributed by atoms with E-state index in [0.29, 0.717) is 5.82 Å². The number of rotatable bonds is 7. The van der Waals surface area contributed by atoms with Crippen LogP contribution in [0.1, 0.15) is 30.9 Å². The maximum Gasteiger partial charge on any atom is 0.191 e. The summed E-state index contributed by atoms with van der Waals surface area (Å²) in [5, 5.41) is 6.86. The third-order valence-corrected chi connectivity index (χ3v) is 6.02. The molecule has 0 bridgehead atoms. The van der Waals surface area contributed by atoms with Crippen LogP contribution in [0.3, 0.4) is 0 Å². The van der Waals surface area contributed by atoms with Crippen molar-refractivity contribution < 1.29 is 4.39 Å². The van der Waals surface area contributed by atoms with E-state index in [-0.39, 0.29) is 35.8 Å². The summed E-state index contributed by atoms with van der Waals surface area (Å²) in [5.41, 5.74) is 2.95. The van der Waals surface area contributed by atoms with Gasteiger partial charge in [-0.05, 0) is 49.4 Å². The smallest absolute Gasteiger partial charge is 0.191 e. The van der Waals surface area contributed by atoms with Gasteiger partial charge in [0.2, 0.25) is 0 Å². The van der Waals surface area contributed by atoms with E-state index in [0.717, 1.165) is 71.0 Å². The molecule has 2 aromatic rings. The number of fused-ring (bicyclic) bond motifs is 1. The molecule has 6 nitrogen and oxygen atoms in total. The van der Waals surface area contributed by atoms with Crippen molar-refractivity contribution in [2.24, 2.45) is 4.99 Å². The Bertz CT molecular complexity index is 892. The molecule has 1 fully saturated rings. The number of hydrogen-bond acceptors (Lipinski definition) is 4. The molecule has 2 N–H and O–H groups in total. The number of nitrogens with zero attached hydrogens (tertiary/aromatic N) is 4. The Balaban J connectivity index is 0.00000289.